The van der Waals surface area contributed by atoms with Gasteiger partial charge in [0.25, 0.3) is 5.56 Å². The molecule has 0 aliphatic heterocycles. The summed E-state index contributed by atoms with van der Waals surface area (Å²) in [6.45, 7) is 0.163. The van der Waals surface area contributed by atoms with E-state index in [1.54, 1.807) is 0 Å². The van der Waals surface area contributed by atoms with Crippen molar-refractivity contribution in [1.82, 2.24) is 9.78 Å². The Hall–Kier alpha value is -1.76. The number of aromatic nitrogens is 2. The van der Waals surface area contributed by atoms with Crippen molar-refractivity contribution in [1.29, 1.82) is 0 Å². The molecule has 0 aliphatic rings. The summed E-state index contributed by atoms with van der Waals surface area (Å²) in [6.07, 6.45) is 5.03. The van der Waals surface area contributed by atoms with E-state index in [9.17, 15) is 4.79 Å². The molecule has 0 aliphatic carbocycles. The molecule has 0 aromatic carbocycles. The predicted molar refractivity (Wildman–Crippen MR) is 43.9 cm³/mol. The van der Waals surface area contributed by atoms with Crippen molar-refractivity contribution in [2.24, 2.45) is 0 Å². The molecule has 1 rings (SSSR count). The van der Waals surface area contributed by atoms with Crippen LogP contribution in [-0.4, -0.2) is 16.9 Å². The van der Waals surface area contributed by atoms with Gasteiger partial charge in [0.1, 0.15) is 6.54 Å². The maximum atomic E-state index is 11.0. The molecule has 4 heteroatoms. The van der Waals surface area contributed by atoms with Crippen LogP contribution >= 0.6 is 0 Å². The highest BCUT2D eigenvalue weighted by atomic mass is 16.5. The van der Waals surface area contributed by atoms with Crippen molar-refractivity contribution in [3.63, 3.8) is 0 Å². The van der Waals surface area contributed by atoms with Crippen molar-refractivity contribution in [3.8, 4) is 18.2 Å². The largest absolute Gasteiger partial charge is 0.480 e. The van der Waals surface area contributed by atoms with Crippen LogP contribution in [0.1, 0.15) is 0 Å². The Morgan fingerprint density at radius 3 is 3.08 bits per heavy atom. The number of hydrogen-bond donors (Lipinski definition) is 0. The van der Waals surface area contributed by atoms with Crippen molar-refractivity contribution in [2.45, 2.75) is 6.54 Å². The molecular weight excluding hydrogens is 156 g/mol. The lowest BCUT2D eigenvalue weighted by Gasteiger charge is -2.01. The summed E-state index contributed by atoms with van der Waals surface area (Å²) in [5.41, 5.74) is -0.228. The fraction of sp³-hybridized carbons (Fsp3) is 0.250. The number of terminal acetylenes is 1. The SMILES string of the molecule is C#CCn1nc(OC)ccc1=O. The van der Waals surface area contributed by atoms with E-state index in [1.807, 2.05) is 0 Å². The molecule has 0 fully saturated rings. The first-order valence-corrected chi connectivity index (χ1v) is 3.33. The van der Waals surface area contributed by atoms with Crippen LogP contribution in [0.2, 0.25) is 0 Å². The normalized spacial score (nSPS) is 9.00. The molecule has 1 aromatic rings. The second kappa shape index (κ2) is 3.58. The molecular formula is C8H8N2O2. The van der Waals surface area contributed by atoms with Crippen LogP contribution < -0.4 is 10.3 Å². The molecule has 0 N–H and O–H groups in total. The van der Waals surface area contributed by atoms with E-state index in [1.165, 1.54) is 23.9 Å². The lowest BCUT2D eigenvalue weighted by atomic mass is 10.5. The number of nitrogens with zero attached hydrogens (tertiary/aromatic N) is 2. The van der Waals surface area contributed by atoms with Gasteiger partial charge in [-0.15, -0.1) is 11.5 Å². The standard InChI is InChI=1S/C8H8N2O2/c1-3-6-10-8(11)5-4-7(9-10)12-2/h1,4-5H,6H2,2H3. The number of ether oxygens (including phenoxy) is 1. The smallest absolute Gasteiger partial charge is 0.267 e. The molecule has 0 radical (unpaired) electrons. The van der Waals surface area contributed by atoms with Gasteiger partial charge >= 0.3 is 0 Å². The minimum atomic E-state index is -0.228. The van der Waals surface area contributed by atoms with Gasteiger partial charge in [0.15, 0.2) is 0 Å². The number of rotatable bonds is 2. The molecule has 12 heavy (non-hydrogen) atoms. The molecule has 62 valence electrons. The third-order valence-corrected chi connectivity index (χ3v) is 1.29. The number of methoxy groups -OCH3 is 1. The molecule has 0 saturated carbocycles. The van der Waals surface area contributed by atoms with Crippen molar-refractivity contribution in [3.05, 3.63) is 22.5 Å². The summed E-state index contributed by atoms with van der Waals surface area (Å²) in [5.74, 6) is 2.70. The Kier molecular flexibility index (Phi) is 2.49. The van der Waals surface area contributed by atoms with Crippen molar-refractivity contribution < 1.29 is 4.74 Å². The fourth-order valence-corrected chi connectivity index (χ4v) is 0.739. The quantitative estimate of drug-likeness (QED) is 0.572. The maximum absolute atomic E-state index is 11.0. The van der Waals surface area contributed by atoms with Gasteiger partial charge in [-0.2, -0.15) is 0 Å². The van der Waals surface area contributed by atoms with Crippen molar-refractivity contribution in [2.75, 3.05) is 7.11 Å². The first-order chi connectivity index (χ1) is 5.77. The average molecular weight is 164 g/mol. The van der Waals surface area contributed by atoms with E-state index in [4.69, 9.17) is 11.2 Å². The first-order valence-electron chi connectivity index (χ1n) is 3.33. The van der Waals surface area contributed by atoms with E-state index in [0.717, 1.165) is 0 Å². The second-order valence-corrected chi connectivity index (χ2v) is 2.08. The summed E-state index contributed by atoms with van der Waals surface area (Å²) >= 11 is 0. The molecule has 0 amide bonds. The Bertz CT molecular complexity index is 362. The van der Waals surface area contributed by atoms with E-state index >= 15 is 0 Å². The van der Waals surface area contributed by atoms with Gasteiger partial charge in [-0.05, 0) is 0 Å². The lowest BCUT2D eigenvalue weighted by Crippen LogP contribution is -2.21. The van der Waals surface area contributed by atoms with Crippen LogP contribution in [0.15, 0.2) is 16.9 Å². The van der Waals surface area contributed by atoms with Gasteiger partial charge < -0.3 is 4.74 Å². The highest BCUT2D eigenvalue weighted by Crippen LogP contribution is 1.98. The molecule has 1 heterocycles. The fourth-order valence-electron chi connectivity index (χ4n) is 0.739. The summed E-state index contributed by atoms with van der Waals surface area (Å²) < 4.78 is 5.98. The highest BCUT2D eigenvalue weighted by molar-refractivity contribution is 5.06. The number of hydrogen-bond acceptors (Lipinski definition) is 3. The third-order valence-electron chi connectivity index (χ3n) is 1.29. The maximum Gasteiger partial charge on any atom is 0.267 e. The van der Waals surface area contributed by atoms with E-state index in [0.29, 0.717) is 5.88 Å². The molecule has 4 nitrogen and oxygen atoms in total. The average Bonchev–Trinajstić information content (AvgIpc) is 2.09. The lowest BCUT2D eigenvalue weighted by molar-refractivity contribution is 0.380. The van der Waals surface area contributed by atoms with Gasteiger partial charge in [0, 0.05) is 12.1 Å². The Morgan fingerprint density at radius 1 is 1.75 bits per heavy atom. The van der Waals surface area contributed by atoms with Crippen LogP contribution in [0.25, 0.3) is 0 Å². The summed E-state index contributed by atoms with van der Waals surface area (Å²) in [7, 11) is 1.48. The zero-order chi connectivity index (χ0) is 8.97. The summed E-state index contributed by atoms with van der Waals surface area (Å²) in [6, 6.07) is 2.86. The first kappa shape index (κ1) is 8.34. The van der Waals surface area contributed by atoms with Gasteiger partial charge in [-0.25, -0.2) is 4.68 Å². The van der Waals surface area contributed by atoms with E-state index in [-0.39, 0.29) is 12.1 Å². The van der Waals surface area contributed by atoms with Gasteiger partial charge in [-0.3, -0.25) is 4.79 Å². The van der Waals surface area contributed by atoms with Gasteiger partial charge in [0.2, 0.25) is 5.88 Å². The van der Waals surface area contributed by atoms with E-state index in [2.05, 4.69) is 11.0 Å². The zero-order valence-corrected chi connectivity index (χ0v) is 6.65. The molecule has 1 aromatic heterocycles. The molecule has 0 bridgehead atoms. The third kappa shape index (κ3) is 1.64. The van der Waals surface area contributed by atoms with Crippen molar-refractivity contribution >= 4 is 0 Å². The molecule has 0 unspecified atom stereocenters. The van der Waals surface area contributed by atoms with Crippen LogP contribution in [-0.2, 0) is 6.54 Å². The predicted octanol–water partition coefficient (Wildman–Crippen LogP) is -0.115. The van der Waals surface area contributed by atoms with Crippen LogP contribution in [0, 0.1) is 12.3 Å². The molecule has 0 atom stereocenters. The zero-order valence-electron chi connectivity index (χ0n) is 6.65. The van der Waals surface area contributed by atoms with Crippen LogP contribution in [0.5, 0.6) is 5.88 Å². The Labute approximate surface area is 69.8 Å². The Balaban J connectivity index is 3.10. The summed E-state index contributed by atoms with van der Waals surface area (Å²) in [5, 5.41) is 3.82. The minimum Gasteiger partial charge on any atom is -0.480 e. The second-order valence-electron chi connectivity index (χ2n) is 2.08. The highest BCUT2D eigenvalue weighted by Gasteiger charge is 1.97. The van der Waals surface area contributed by atoms with Gasteiger partial charge in [0.05, 0.1) is 7.11 Å². The minimum absolute atomic E-state index is 0.163. The summed E-state index contributed by atoms with van der Waals surface area (Å²) in [4.78, 5) is 11.0. The van der Waals surface area contributed by atoms with E-state index < -0.39 is 0 Å². The topological polar surface area (TPSA) is 44.1 Å². The molecule has 0 saturated heterocycles. The van der Waals surface area contributed by atoms with Crippen LogP contribution in [0.4, 0.5) is 0 Å². The Morgan fingerprint density at radius 2 is 2.50 bits per heavy atom. The van der Waals surface area contributed by atoms with Crippen LogP contribution in [0.3, 0.4) is 0 Å². The molecule has 0 spiro atoms. The monoisotopic (exact) mass is 164 g/mol. The van der Waals surface area contributed by atoms with Gasteiger partial charge in [-0.1, -0.05) is 5.92 Å².